The molecule has 0 amide bonds. The van der Waals surface area contributed by atoms with Crippen LogP contribution >= 0.6 is 0 Å². The fraction of sp³-hybridized carbons (Fsp3) is 0.0714. The highest BCUT2D eigenvalue weighted by molar-refractivity contribution is 7.89. The van der Waals surface area contributed by atoms with Crippen LogP contribution in [-0.2, 0) is 10.0 Å². The van der Waals surface area contributed by atoms with Gasteiger partial charge in [-0.25, -0.2) is 23.2 Å². The van der Waals surface area contributed by atoms with Crippen molar-refractivity contribution < 1.29 is 8.42 Å². The van der Waals surface area contributed by atoms with Crippen LogP contribution in [0.25, 0.3) is 17.2 Å². The first kappa shape index (κ1) is 14.4. The van der Waals surface area contributed by atoms with E-state index in [2.05, 4.69) is 15.1 Å². The Labute approximate surface area is 127 Å². The van der Waals surface area contributed by atoms with Crippen molar-refractivity contribution in [1.82, 2.24) is 19.7 Å². The van der Waals surface area contributed by atoms with Crippen LogP contribution in [0.2, 0.25) is 0 Å². The topological polar surface area (TPSA) is 104 Å². The summed E-state index contributed by atoms with van der Waals surface area (Å²) in [6, 6.07) is 10.4. The maximum absolute atomic E-state index is 11.3. The molecule has 0 saturated heterocycles. The van der Waals surface area contributed by atoms with Crippen LogP contribution in [0.3, 0.4) is 0 Å². The monoisotopic (exact) mass is 315 g/mol. The minimum absolute atomic E-state index is 0.0421. The van der Waals surface area contributed by atoms with Gasteiger partial charge in [-0.2, -0.15) is 5.10 Å². The maximum Gasteiger partial charge on any atom is 0.239 e. The van der Waals surface area contributed by atoms with Crippen LogP contribution in [-0.4, -0.2) is 28.2 Å². The van der Waals surface area contributed by atoms with Crippen LogP contribution < -0.4 is 5.14 Å². The average Bonchev–Trinajstić information content (AvgIpc) is 2.89. The van der Waals surface area contributed by atoms with Gasteiger partial charge in [0.05, 0.1) is 17.1 Å². The molecule has 7 nitrogen and oxygen atoms in total. The molecule has 0 radical (unpaired) electrons. The lowest BCUT2D eigenvalue weighted by molar-refractivity contribution is 0.597. The first-order valence-corrected chi connectivity index (χ1v) is 7.97. The van der Waals surface area contributed by atoms with Crippen molar-refractivity contribution in [2.24, 2.45) is 5.14 Å². The minimum atomic E-state index is -3.76. The van der Waals surface area contributed by atoms with E-state index in [-0.39, 0.29) is 4.90 Å². The zero-order valence-electron chi connectivity index (χ0n) is 11.7. The average molecular weight is 315 g/mol. The standard InChI is InChI=1S/C14H13N5O2S/c1-10-8-13(12-4-2-3-7-16-12)19(18-10)14-6-5-11(9-17-14)22(15,20)21/h2-9H,1H3,(H2,15,20,21). The second-order valence-corrected chi connectivity index (χ2v) is 6.26. The van der Waals surface area contributed by atoms with Gasteiger partial charge in [-0.05, 0) is 37.3 Å². The van der Waals surface area contributed by atoms with Crippen molar-refractivity contribution in [2.75, 3.05) is 0 Å². The third-order valence-electron chi connectivity index (χ3n) is 3.03. The minimum Gasteiger partial charge on any atom is -0.255 e. The molecule has 0 aliphatic rings. The molecule has 112 valence electrons. The highest BCUT2D eigenvalue weighted by Gasteiger charge is 2.13. The van der Waals surface area contributed by atoms with Crippen LogP contribution in [0.15, 0.2) is 53.7 Å². The number of hydrogen-bond donors (Lipinski definition) is 1. The molecular formula is C14H13N5O2S. The van der Waals surface area contributed by atoms with Crippen molar-refractivity contribution in [1.29, 1.82) is 0 Å². The van der Waals surface area contributed by atoms with E-state index in [4.69, 9.17) is 5.14 Å². The number of primary sulfonamides is 1. The third kappa shape index (κ3) is 2.74. The summed E-state index contributed by atoms with van der Waals surface area (Å²) < 4.78 is 24.2. The zero-order valence-corrected chi connectivity index (χ0v) is 12.5. The van der Waals surface area contributed by atoms with E-state index in [0.717, 1.165) is 17.1 Å². The molecule has 3 heterocycles. The van der Waals surface area contributed by atoms with Crippen LogP contribution in [0.4, 0.5) is 0 Å². The van der Waals surface area contributed by atoms with Gasteiger partial charge in [0.1, 0.15) is 4.90 Å². The van der Waals surface area contributed by atoms with Gasteiger partial charge in [-0.3, -0.25) is 4.98 Å². The summed E-state index contributed by atoms with van der Waals surface area (Å²) in [6.45, 7) is 1.86. The van der Waals surface area contributed by atoms with Crippen molar-refractivity contribution in [3.05, 3.63) is 54.5 Å². The molecule has 22 heavy (non-hydrogen) atoms. The predicted molar refractivity (Wildman–Crippen MR) is 80.7 cm³/mol. The molecule has 3 aromatic heterocycles. The molecule has 3 rings (SSSR count). The second kappa shape index (κ2) is 5.32. The van der Waals surface area contributed by atoms with Crippen LogP contribution in [0.5, 0.6) is 0 Å². The number of hydrogen-bond acceptors (Lipinski definition) is 5. The molecule has 0 atom stereocenters. The summed E-state index contributed by atoms with van der Waals surface area (Å²) in [5, 5.41) is 9.45. The Morgan fingerprint density at radius 1 is 1.14 bits per heavy atom. The maximum atomic E-state index is 11.3. The molecule has 0 aliphatic heterocycles. The van der Waals surface area contributed by atoms with Crippen molar-refractivity contribution >= 4 is 10.0 Å². The lowest BCUT2D eigenvalue weighted by Gasteiger charge is -2.06. The predicted octanol–water partition coefficient (Wildman–Crippen LogP) is 1.29. The van der Waals surface area contributed by atoms with E-state index in [1.807, 2.05) is 31.2 Å². The number of aryl methyl sites for hydroxylation is 1. The van der Waals surface area contributed by atoms with Gasteiger partial charge in [-0.15, -0.1) is 0 Å². The second-order valence-electron chi connectivity index (χ2n) is 4.69. The van der Waals surface area contributed by atoms with Gasteiger partial charge in [-0.1, -0.05) is 6.07 Å². The molecule has 0 bridgehead atoms. The Morgan fingerprint density at radius 2 is 1.95 bits per heavy atom. The number of aromatic nitrogens is 4. The number of pyridine rings is 2. The van der Waals surface area contributed by atoms with Gasteiger partial charge in [0, 0.05) is 12.4 Å². The summed E-state index contributed by atoms with van der Waals surface area (Å²) in [5.74, 6) is 0.487. The van der Waals surface area contributed by atoms with Crippen molar-refractivity contribution in [3.63, 3.8) is 0 Å². The van der Waals surface area contributed by atoms with Gasteiger partial charge < -0.3 is 0 Å². The lowest BCUT2D eigenvalue weighted by atomic mass is 10.2. The highest BCUT2D eigenvalue weighted by atomic mass is 32.2. The van der Waals surface area contributed by atoms with E-state index in [1.54, 1.807) is 16.9 Å². The zero-order chi connectivity index (χ0) is 15.7. The molecule has 3 aromatic rings. The van der Waals surface area contributed by atoms with E-state index < -0.39 is 10.0 Å². The van der Waals surface area contributed by atoms with E-state index in [9.17, 15) is 8.42 Å². The molecule has 0 unspecified atom stereocenters. The van der Waals surface area contributed by atoms with Gasteiger partial charge in [0.25, 0.3) is 0 Å². The van der Waals surface area contributed by atoms with E-state index in [0.29, 0.717) is 5.82 Å². The number of nitrogens with zero attached hydrogens (tertiary/aromatic N) is 4. The van der Waals surface area contributed by atoms with E-state index >= 15 is 0 Å². The normalized spacial score (nSPS) is 11.5. The Morgan fingerprint density at radius 3 is 2.55 bits per heavy atom. The third-order valence-corrected chi connectivity index (χ3v) is 3.92. The van der Waals surface area contributed by atoms with Crippen LogP contribution in [0.1, 0.15) is 5.69 Å². The quantitative estimate of drug-likeness (QED) is 0.784. The number of sulfonamides is 1. The molecule has 8 heteroatoms. The first-order chi connectivity index (χ1) is 10.4. The molecule has 0 saturated carbocycles. The lowest BCUT2D eigenvalue weighted by Crippen LogP contribution is -2.13. The van der Waals surface area contributed by atoms with Crippen molar-refractivity contribution in [2.45, 2.75) is 11.8 Å². The number of rotatable bonds is 3. The summed E-state index contributed by atoms with van der Waals surface area (Å²) in [4.78, 5) is 8.39. The fourth-order valence-electron chi connectivity index (χ4n) is 2.04. The number of nitrogens with two attached hydrogens (primary N) is 1. The molecular weight excluding hydrogens is 302 g/mol. The molecule has 0 aliphatic carbocycles. The Bertz CT molecular complexity index is 902. The first-order valence-electron chi connectivity index (χ1n) is 6.42. The fourth-order valence-corrected chi connectivity index (χ4v) is 2.49. The summed E-state index contributed by atoms with van der Waals surface area (Å²) >= 11 is 0. The van der Waals surface area contributed by atoms with Gasteiger partial charge in [0.15, 0.2) is 5.82 Å². The molecule has 0 aromatic carbocycles. The smallest absolute Gasteiger partial charge is 0.239 e. The SMILES string of the molecule is Cc1cc(-c2ccccn2)n(-c2ccc(S(N)(=O)=O)cn2)n1. The Hall–Kier alpha value is -2.58. The summed E-state index contributed by atoms with van der Waals surface area (Å²) in [7, 11) is -3.76. The molecule has 0 fully saturated rings. The summed E-state index contributed by atoms with van der Waals surface area (Å²) in [6.07, 6.45) is 2.91. The molecule has 2 N–H and O–H groups in total. The van der Waals surface area contributed by atoms with E-state index in [1.165, 1.54) is 12.3 Å². The van der Waals surface area contributed by atoms with Crippen LogP contribution in [0, 0.1) is 6.92 Å². The Kier molecular flexibility index (Phi) is 3.47. The molecule has 0 spiro atoms. The van der Waals surface area contributed by atoms with Crippen molar-refractivity contribution in [3.8, 4) is 17.2 Å². The van der Waals surface area contributed by atoms with Gasteiger partial charge in [0.2, 0.25) is 10.0 Å². The highest BCUT2D eigenvalue weighted by Crippen LogP contribution is 2.21. The Balaban J connectivity index is 2.10. The van der Waals surface area contributed by atoms with Gasteiger partial charge >= 0.3 is 0 Å². The summed E-state index contributed by atoms with van der Waals surface area (Å²) in [5.41, 5.74) is 2.33. The largest absolute Gasteiger partial charge is 0.255 e.